The van der Waals surface area contributed by atoms with Crippen molar-refractivity contribution in [1.82, 2.24) is 9.47 Å². The van der Waals surface area contributed by atoms with E-state index in [0.29, 0.717) is 37.9 Å². The Balaban J connectivity index is 1.62. The van der Waals surface area contributed by atoms with Crippen LogP contribution in [-0.4, -0.2) is 59.7 Å². The summed E-state index contributed by atoms with van der Waals surface area (Å²) in [6.07, 6.45) is 2.35. The number of Topliss-reactive ketones (excluding diaryl/α,β-unsaturated/α-hetero) is 1. The summed E-state index contributed by atoms with van der Waals surface area (Å²) < 4.78 is 12.9. The summed E-state index contributed by atoms with van der Waals surface area (Å²) in [6.45, 7) is 10.1. The molecule has 0 unspecified atom stereocenters. The second-order valence-electron chi connectivity index (χ2n) is 7.54. The number of hydrogen-bond acceptors (Lipinski definition) is 5. The molecule has 0 N–H and O–H groups in total. The molecule has 0 bridgehead atoms. The standard InChI is InChI=1S/C19H28N2O4/c1-13-11-16(14(2)21(13)15-5-6-15)17(22)12-25-18(23)19(3,4)20-7-9-24-10-8-20/h11,15H,5-10,12H2,1-4H3. The summed E-state index contributed by atoms with van der Waals surface area (Å²) in [5.41, 5.74) is 1.99. The Bertz CT molecular complexity index is 667. The molecule has 1 aromatic rings. The number of carbonyl (C=O) groups is 2. The van der Waals surface area contributed by atoms with E-state index >= 15 is 0 Å². The van der Waals surface area contributed by atoms with Crippen LogP contribution in [0, 0.1) is 13.8 Å². The van der Waals surface area contributed by atoms with Gasteiger partial charge in [-0.05, 0) is 46.6 Å². The molecule has 2 heterocycles. The zero-order valence-electron chi connectivity index (χ0n) is 15.6. The van der Waals surface area contributed by atoms with Gasteiger partial charge in [0.2, 0.25) is 5.78 Å². The number of ether oxygens (including phenoxy) is 2. The molecule has 0 amide bonds. The average molecular weight is 348 g/mol. The molecule has 3 rings (SSSR count). The topological polar surface area (TPSA) is 60.8 Å². The first-order valence-corrected chi connectivity index (χ1v) is 9.04. The van der Waals surface area contributed by atoms with Crippen LogP contribution in [0.4, 0.5) is 0 Å². The molecule has 6 nitrogen and oxygen atoms in total. The lowest BCUT2D eigenvalue weighted by Gasteiger charge is -2.38. The second-order valence-corrected chi connectivity index (χ2v) is 7.54. The van der Waals surface area contributed by atoms with Gasteiger partial charge >= 0.3 is 5.97 Å². The van der Waals surface area contributed by atoms with Crippen LogP contribution in [0.3, 0.4) is 0 Å². The van der Waals surface area contributed by atoms with Crippen molar-refractivity contribution < 1.29 is 19.1 Å². The zero-order chi connectivity index (χ0) is 18.2. The van der Waals surface area contributed by atoms with Gasteiger partial charge in [-0.2, -0.15) is 0 Å². The molecule has 6 heteroatoms. The largest absolute Gasteiger partial charge is 0.456 e. The van der Waals surface area contributed by atoms with Crippen molar-refractivity contribution in [3.63, 3.8) is 0 Å². The van der Waals surface area contributed by atoms with E-state index in [1.165, 1.54) is 12.8 Å². The Kier molecular flexibility index (Phi) is 5.02. The van der Waals surface area contributed by atoms with Crippen molar-refractivity contribution in [2.24, 2.45) is 0 Å². The maximum atomic E-state index is 12.6. The predicted octanol–water partition coefficient (Wildman–Crippen LogP) is 2.28. The van der Waals surface area contributed by atoms with E-state index in [1.807, 2.05) is 38.7 Å². The maximum Gasteiger partial charge on any atom is 0.326 e. The molecule has 1 aliphatic carbocycles. The Morgan fingerprint density at radius 2 is 1.88 bits per heavy atom. The van der Waals surface area contributed by atoms with Crippen LogP contribution in [0.2, 0.25) is 0 Å². The molecule has 0 aromatic carbocycles. The van der Waals surface area contributed by atoms with Crippen molar-refractivity contribution >= 4 is 11.8 Å². The molecule has 1 aromatic heterocycles. The van der Waals surface area contributed by atoms with Crippen LogP contribution in [0.15, 0.2) is 6.07 Å². The fourth-order valence-corrected chi connectivity index (χ4v) is 3.59. The molecular formula is C19H28N2O4. The highest BCUT2D eigenvalue weighted by Crippen LogP contribution is 2.38. The molecule has 25 heavy (non-hydrogen) atoms. The van der Waals surface area contributed by atoms with E-state index < -0.39 is 5.54 Å². The molecule has 1 saturated carbocycles. The highest BCUT2D eigenvalue weighted by atomic mass is 16.5. The minimum atomic E-state index is -0.755. The van der Waals surface area contributed by atoms with Crippen molar-refractivity contribution in [2.75, 3.05) is 32.9 Å². The lowest BCUT2D eigenvalue weighted by atomic mass is 10.0. The monoisotopic (exact) mass is 348 g/mol. The highest BCUT2D eigenvalue weighted by Gasteiger charge is 2.37. The van der Waals surface area contributed by atoms with Crippen LogP contribution >= 0.6 is 0 Å². The number of esters is 1. The minimum Gasteiger partial charge on any atom is -0.456 e. The number of ketones is 1. The Labute approximate surface area is 149 Å². The molecule has 138 valence electrons. The predicted molar refractivity (Wildman–Crippen MR) is 93.9 cm³/mol. The lowest BCUT2D eigenvalue weighted by molar-refractivity contribution is -0.157. The van der Waals surface area contributed by atoms with E-state index in [0.717, 1.165) is 11.4 Å². The van der Waals surface area contributed by atoms with Gasteiger partial charge in [0, 0.05) is 36.1 Å². The number of nitrogens with zero attached hydrogens (tertiary/aromatic N) is 2. The Hall–Kier alpha value is -1.66. The van der Waals surface area contributed by atoms with E-state index in [2.05, 4.69) is 4.57 Å². The molecule has 0 spiro atoms. The molecule has 2 aliphatic rings. The first kappa shape index (κ1) is 18.1. The Morgan fingerprint density at radius 1 is 1.24 bits per heavy atom. The van der Waals surface area contributed by atoms with Gasteiger partial charge in [-0.15, -0.1) is 0 Å². The average Bonchev–Trinajstić information content (AvgIpc) is 3.38. The van der Waals surface area contributed by atoms with Gasteiger partial charge in [0.15, 0.2) is 6.61 Å². The van der Waals surface area contributed by atoms with Gasteiger partial charge in [0.1, 0.15) is 5.54 Å². The third-order valence-corrected chi connectivity index (χ3v) is 5.33. The summed E-state index contributed by atoms with van der Waals surface area (Å²) >= 11 is 0. The molecular weight excluding hydrogens is 320 g/mol. The zero-order valence-corrected chi connectivity index (χ0v) is 15.6. The van der Waals surface area contributed by atoms with Crippen LogP contribution in [0.25, 0.3) is 0 Å². The van der Waals surface area contributed by atoms with Crippen molar-refractivity contribution in [3.05, 3.63) is 23.0 Å². The van der Waals surface area contributed by atoms with Gasteiger partial charge < -0.3 is 14.0 Å². The second kappa shape index (κ2) is 6.92. The van der Waals surface area contributed by atoms with Crippen LogP contribution in [0.1, 0.15) is 54.5 Å². The first-order valence-electron chi connectivity index (χ1n) is 9.04. The number of aromatic nitrogens is 1. The van der Waals surface area contributed by atoms with Gasteiger partial charge in [-0.1, -0.05) is 0 Å². The summed E-state index contributed by atoms with van der Waals surface area (Å²) in [6, 6.07) is 2.45. The number of morpholine rings is 1. The molecule has 0 radical (unpaired) electrons. The summed E-state index contributed by atoms with van der Waals surface area (Å²) in [4.78, 5) is 27.1. The van der Waals surface area contributed by atoms with Crippen molar-refractivity contribution in [2.45, 2.75) is 52.1 Å². The van der Waals surface area contributed by atoms with Gasteiger partial charge in [0.05, 0.1) is 13.2 Å². The van der Waals surface area contributed by atoms with Crippen LogP contribution in [0.5, 0.6) is 0 Å². The van der Waals surface area contributed by atoms with Crippen molar-refractivity contribution in [3.8, 4) is 0 Å². The fraction of sp³-hybridized carbons (Fsp3) is 0.684. The third kappa shape index (κ3) is 3.65. The number of aryl methyl sites for hydroxylation is 1. The number of hydrogen-bond donors (Lipinski definition) is 0. The van der Waals surface area contributed by atoms with Gasteiger partial charge in [-0.25, -0.2) is 0 Å². The first-order chi connectivity index (χ1) is 11.8. The SMILES string of the molecule is Cc1cc(C(=O)COC(=O)C(C)(C)N2CCOCC2)c(C)n1C1CC1. The van der Waals surface area contributed by atoms with E-state index in [4.69, 9.17) is 9.47 Å². The maximum absolute atomic E-state index is 12.6. The van der Waals surface area contributed by atoms with Crippen LogP contribution in [-0.2, 0) is 14.3 Å². The van der Waals surface area contributed by atoms with E-state index in [1.54, 1.807) is 0 Å². The van der Waals surface area contributed by atoms with E-state index in [-0.39, 0.29) is 18.4 Å². The lowest BCUT2D eigenvalue weighted by Crippen LogP contribution is -2.55. The number of rotatable bonds is 6. The minimum absolute atomic E-state index is 0.133. The van der Waals surface area contributed by atoms with Gasteiger partial charge in [-0.3, -0.25) is 14.5 Å². The smallest absolute Gasteiger partial charge is 0.326 e. The highest BCUT2D eigenvalue weighted by molar-refractivity contribution is 5.99. The summed E-state index contributed by atoms with van der Waals surface area (Å²) in [5.74, 6) is -0.495. The molecule has 1 saturated heterocycles. The number of carbonyl (C=O) groups excluding carboxylic acids is 2. The summed E-state index contributed by atoms with van der Waals surface area (Å²) in [5, 5.41) is 0. The third-order valence-electron chi connectivity index (χ3n) is 5.33. The summed E-state index contributed by atoms with van der Waals surface area (Å²) in [7, 11) is 0. The van der Waals surface area contributed by atoms with Gasteiger partial charge in [0.25, 0.3) is 0 Å². The normalized spacial score (nSPS) is 19.0. The van der Waals surface area contributed by atoms with E-state index in [9.17, 15) is 9.59 Å². The molecule has 2 fully saturated rings. The Morgan fingerprint density at radius 3 is 2.48 bits per heavy atom. The van der Waals surface area contributed by atoms with Crippen LogP contribution < -0.4 is 0 Å². The molecule has 1 aliphatic heterocycles. The van der Waals surface area contributed by atoms with Crippen molar-refractivity contribution in [1.29, 1.82) is 0 Å². The fourth-order valence-electron chi connectivity index (χ4n) is 3.59. The molecule has 0 atom stereocenters. The quantitative estimate of drug-likeness (QED) is 0.583.